The summed E-state index contributed by atoms with van der Waals surface area (Å²) in [5.41, 5.74) is 8.75. The van der Waals surface area contributed by atoms with Gasteiger partial charge in [-0.2, -0.15) is 12.1 Å². The molecule has 50 heavy (non-hydrogen) atoms. The van der Waals surface area contributed by atoms with Crippen LogP contribution in [-0.4, -0.2) is 9.55 Å². The van der Waals surface area contributed by atoms with Gasteiger partial charge in [0.1, 0.15) is 5.82 Å². The van der Waals surface area contributed by atoms with Gasteiger partial charge in [0.2, 0.25) is 0 Å². The quantitative estimate of drug-likeness (QED) is 0.162. The second-order valence-corrected chi connectivity index (χ2v) is 14.7. The molecule has 5 nitrogen and oxygen atoms in total. The Morgan fingerprint density at radius 3 is 2.06 bits per heavy atom. The Hall–Kier alpha value is -4.86. The maximum absolute atomic E-state index is 6.52. The average molecular weight is 835 g/mol. The van der Waals surface area contributed by atoms with Crippen LogP contribution in [-0.2, 0) is 31.9 Å². The molecule has 1 aliphatic rings. The molecule has 8 rings (SSSR count). The van der Waals surface area contributed by atoms with Crippen LogP contribution >= 0.6 is 0 Å². The summed E-state index contributed by atoms with van der Waals surface area (Å²) < 4.78 is 8.70. The second kappa shape index (κ2) is 12.8. The van der Waals surface area contributed by atoms with Crippen molar-refractivity contribution in [2.75, 3.05) is 9.80 Å². The molecule has 5 aromatic carbocycles. The first-order valence-electron chi connectivity index (χ1n) is 16.8. The van der Waals surface area contributed by atoms with Crippen LogP contribution in [0.4, 0.5) is 22.7 Å². The maximum atomic E-state index is 6.52. The van der Waals surface area contributed by atoms with Gasteiger partial charge in [-0.1, -0.05) is 95.6 Å². The van der Waals surface area contributed by atoms with Crippen molar-refractivity contribution in [3.05, 3.63) is 151 Å². The van der Waals surface area contributed by atoms with E-state index in [0.29, 0.717) is 11.5 Å². The molecule has 0 aliphatic carbocycles. The standard InChI is InChI=1S/C44H39N4O.Pt/c1-43(2,3)30-24-25-45-42(26-30)48-37-18-9-7-16-34(37)35-23-22-33(28-41(35)48)49-32-15-13-14-31(27-32)46-29-47(40-21-12-11-20-39(40)46)38-19-10-8-17-36(38)44(4,5)6;/h7-26,29H,1-6H3;/q-3;. The van der Waals surface area contributed by atoms with Crippen molar-refractivity contribution in [1.29, 1.82) is 0 Å². The zero-order valence-electron chi connectivity index (χ0n) is 29.1. The van der Waals surface area contributed by atoms with E-state index in [1.54, 1.807) is 0 Å². The number of hydrogen-bond acceptors (Lipinski definition) is 4. The van der Waals surface area contributed by atoms with Crippen molar-refractivity contribution in [1.82, 2.24) is 9.55 Å². The zero-order valence-corrected chi connectivity index (χ0v) is 31.4. The van der Waals surface area contributed by atoms with Crippen LogP contribution in [0.5, 0.6) is 11.5 Å². The van der Waals surface area contributed by atoms with Gasteiger partial charge in [0, 0.05) is 61.3 Å². The second-order valence-electron chi connectivity index (χ2n) is 14.7. The number of pyridine rings is 1. The number of fused-ring (bicyclic) bond motifs is 4. The first-order chi connectivity index (χ1) is 23.6. The van der Waals surface area contributed by atoms with Gasteiger partial charge in [-0.25, -0.2) is 4.98 Å². The smallest absolute Gasteiger partial charge is 0.135 e. The van der Waals surface area contributed by atoms with Crippen molar-refractivity contribution in [3.8, 4) is 17.3 Å². The molecular formula is C44H39N4OPt-3. The Balaban J connectivity index is 0.00000392. The van der Waals surface area contributed by atoms with E-state index < -0.39 is 0 Å². The number of rotatable bonds is 5. The summed E-state index contributed by atoms with van der Waals surface area (Å²) in [4.78, 5) is 9.27. The van der Waals surface area contributed by atoms with Crippen LogP contribution in [0.15, 0.2) is 121 Å². The Bertz CT molecular complexity index is 2350. The number of para-hydroxylation sites is 4. The minimum Gasteiger partial charge on any atom is -0.509 e. The number of nitrogens with zero attached hydrogens (tertiary/aromatic N) is 4. The van der Waals surface area contributed by atoms with E-state index in [4.69, 9.17) is 9.72 Å². The minimum absolute atomic E-state index is 0. The van der Waals surface area contributed by atoms with Crippen molar-refractivity contribution < 1.29 is 25.8 Å². The van der Waals surface area contributed by atoms with Crippen LogP contribution in [0.25, 0.3) is 27.6 Å². The van der Waals surface area contributed by atoms with Gasteiger partial charge >= 0.3 is 0 Å². The van der Waals surface area contributed by atoms with Gasteiger partial charge in [0.05, 0.1) is 0 Å². The normalized spacial score (nSPS) is 13.1. The van der Waals surface area contributed by atoms with Crippen LogP contribution in [0, 0.1) is 18.8 Å². The third-order valence-corrected chi connectivity index (χ3v) is 9.23. The fourth-order valence-corrected chi connectivity index (χ4v) is 6.75. The molecule has 0 atom stereocenters. The summed E-state index contributed by atoms with van der Waals surface area (Å²) in [5.74, 6) is 2.09. The predicted molar refractivity (Wildman–Crippen MR) is 202 cm³/mol. The largest absolute Gasteiger partial charge is 0.509 e. The van der Waals surface area contributed by atoms with Crippen LogP contribution < -0.4 is 14.5 Å². The number of anilines is 4. The van der Waals surface area contributed by atoms with E-state index in [9.17, 15) is 0 Å². The molecule has 0 unspecified atom stereocenters. The summed E-state index contributed by atoms with van der Waals surface area (Å²) in [5, 5.41) is 2.25. The van der Waals surface area contributed by atoms with E-state index in [2.05, 4.69) is 172 Å². The Labute approximate surface area is 309 Å². The van der Waals surface area contributed by atoms with Gasteiger partial charge in [0.15, 0.2) is 0 Å². The summed E-state index contributed by atoms with van der Waals surface area (Å²) in [7, 11) is 0. The summed E-state index contributed by atoms with van der Waals surface area (Å²) >= 11 is 0. The first-order valence-corrected chi connectivity index (χ1v) is 16.8. The van der Waals surface area contributed by atoms with E-state index in [1.165, 1.54) is 11.1 Å². The number of aromatic nitrogens is 2. The molecule has 0 saturated carbocycles. The monoisotopic (exact) mass is 834 g/mol. The molecule has 0 saturated heterocycles. The first kappa shape index (κ1) is 33.6. The molecule has 0 N–H and O–H groups in total. The van der Waals surface area contributed by atoms with E-state index >= 15 is 0 Å². The third-order valence-electron chi connectivity index (χ3n) is 9.23. The molecule has 0 radical (unpaired) electrons. The van der Waals surface area contributed by atoms with Crippen molar-refractivity contribution >= 4 is 44.6 Å². The molecule has 0 amide bonds. The van der Waals surface area contributed by atoms with Crippen molar-refractivity contribution in [3.63, 3.8) is 0 Å². The average Bonchev–Trinajstić information content (AvgIpc) is 3.64. The molecule has 7 aromatic rings. The van der Waals surface area contributed by atoms with Crippen molar-refractivity contribution in [2.24, 2.45) is 0 Å². The fourth-order valence-electron chi connectivity index (χ4n) is 6.75. The Kier molecular flexibility index (Phi) is 8.60. The minimum atomic E-state index is -0.0125. The predicted octanol–water partition coefficient (Wildman–Crippen LogP) is 11.6. The topological polar surface area (TPSA) is 33.5 Å². The Morgan fingerprint density at radius 2 is 1.30 bits per heavy atom. The summed E-state index contributed by atoms with van der Waals surface area (Å²) in [6, 6.07) is 47.1. The molecule has 0 bridgehead atoms. The zero-order chi connectivity index (χ0) is 33.9. The number of ether oxygens (including phenoxy) is 1. The molecule has 6 heteroatoms. The van der Waals surface area contributed by atoms with E-state index in [-0.39, 0.29) is 31.9 Å². The molecule has 3 heterocycles. The molecule has 254 valence electrons. The molecule has 0 fully saturated rings. The molecular weight excluding hydrogens is 796 g/mol. The Morgan fingerprint density at radius 1 is 0.620 bits per heavy atom. The third kappa shape index (κ3) is 5.98. The van der Waals surface area contributed by atoms with Crippen LogP contribution in [0.3, 0.4) is 0 Å². The SMILES string of the molecule is CC(C)(C)c1ccnc(-n2c3[c-]c(Oc4[c-]c(N5[CH-]N(c6ccccc6C(C)(C)C)c6ccccc65)ccc4)ccc3c3ccccc32)c1.[Pt]. The number of hydrogen-bond donors (Lipinski definition) is 0. The van der Waals surface area contributed by atoms with Gasteiger partial charge in [0.25, 0.3) is 0 Å². The summed E-state index contributed by atoms with van der Waals surface area (Å²) in [6.45, 7) is 15.6. The van der Waals surface area contributed by atoms with Crippen molar-refractivity contribution in [2.45, 2.75) is 52.4 Å². The van der Waals surface area contributed by atoms with Gasteiger partial charge in [-0.15, -0.1) is 48.1 Å². The molecule has 0 spiro atoms. The molecule has 2 aromatic heterocycles. The van der Waals surface area contributed by atoms with E-state index in [0.717, 1.165) is 50.4 Å². The number of benzene rings is 5. The van der Waals surface area contributed by atoms with Gasteiger partial charge < -0.3 is 19.1 Å². The molecule has 1 aliphatic heterocycles. The van der Waals surface area contributed by atoms with Crippen LogP contribution in [0.1, 0.15) is 52.7 Å². The maximum Gasteiger partial charge on any atom is 0.135 e. The van der Waals surface area contributed by atoms with Gasteiger partial charge in [-0.3, -0.25) is 0 Å². The van der Waals surface area contributed by atoms with Gasteiger partial charge in [-0.05, 0) is 63.7 Å². The fraction of sp³-hybridized carbons (Fsp3) is 0.182. The van der Waals surface area contributed by atoms with E-state index in [1.807, 2.05) is 24.4 Å². The summed E-state index contributed by atoms with van der Waals surface area (Å²) in [6.07, 6.45) is 1.90. The van der Waals surface area contributed by atoms with Crippen LogP contribution in [0.2, 0.25) is 0 Å².